The van der Waals surface area contributed by atoms with E-state index in [1.807, 2.05) is 42.7 Å². The fourth-order valence-corrected chi connectivity index (χ4v) is 4.60. The first-order chi connectivity index (χ1) is 11.1. The van der Waals surface area contributed by atoms with E-state index >= 15 is 0 Å². The predicted molar refractivity (Wildman–Crippen MR) is 115 cm³/mol. The third-order valence-electron chi connectivity index (χ3n) is 4.26. The highest BCUT2D eigenvalue weighted by Crippen LogP contribution is 2.46. The van der Waals surface area contributed by atoms with E-state index in [1.165, 1.54) is 6.26 Å². The Morgan fingerprint density at radius 2 is 2.12 bits per heavy atom. The molecule has 0 atom stereocenters. The van der Waals surface area contributed by atoms with Crippen molar-refractivity contribution in [2.45, 2.75) is 26.3 Å². The van der Waals surface area contributed by atoms with Gasteiger partial charge in [0.2, 0.25) is 0 Å². The lowest BCUT2D eigenvalue weighted by Gasteiger charge is -2.23. The molecule has 1 aliphatic rings. The molecule has 2 rings (SSSR count). The van der Waals surface area contributed by atoms with Crippen molar-refractivity contribution in [1.29, 1.82) is 0 Å². The topological polar surface area (TPSA) is 66.7 Å². The summed E-state index contributed by atoms with van der Waals surface area (Å²) in [4.78, 5) is 6.72. The quantitative estimate of drug-likeness (QED) is 0.353. The van der Waals surface area contributed by atoms with Crippen LogP contribution in [0.3, 0.4) is 0 Å². The van der Waals surface area contributed by atoms with Gasteiger partial charge >= 0.3 is 0 Å². The monoisotopic (exact) mass is 502 g/mol. The van der Waals surface area contributed by atoms with Crippen LogP contribution in [0.2, 0.25) is 5.02 Å². The van der Waals surface area contributed by atoms with Crippen molar-refractivity contribution >= 4 is 51.4 Å². The number of nitrogens with zero attached hydrogens (tertiary/aromatic N) is 3. The summed E-state index contributed by atoms with van der Waals surface area (Å²) in [6.45, 7) is 4.00. The number of halogens is 2. The molecular weight excluding hydrogens is 475 g/mol. The molecule has 0 unspecified atom stereocenters. The van der Waals surface area contributed by atoms with Crippen LogP contribution in [-0.4, -0.2) is 56.0 Å². The van der Waals surface area contributed by atoms with E-state index in [1.54, 1.807) is 0 Å². The molecule has 25 heavy (non-hydrogen) atoms. The largest absolute Gasteiger partial charge is 0.357 e. The molecule has 1 saturated carbocycles. The molecule has 9 heteroatoms. The highest BCUT2D eigenvalue weighted by atomic mass is 127. The highest BCUT2D eigenvalue weighted by Gasteiger charge is 2.45. The van der Waals surface area contributed by atoms with Crippen LogP contribution >= 0.6 is 35.6 Å². The lowest BCUT2D eigenvalue weighted by Crippen LogP contribution is -2.39. The van der Waals surface area contributed by atoms with Gasteiger partial charge in [0.05, 0.1) is 17.3 Å². The summed E-state index contributed by atoms with van der Waals surface area (Å²) in [5.41, 5.74) is 0.925. The van der Waals surface area contributed by atoms with Gasteiger partial charge in [-0.3, -0.25) is 4.99 Å². The van der Waals surface area contributed by atoms with Crippen LogP contribution in [-0.2, 0) is 23.4 Å². The van der Waals surface area contributed by atoms with E-state index in [-0.39, 0.29) is 35.1 Å². The molecule has 1 aliphatic carbocycles. The first-order valence-corrected chi connectivity index (χ1v) is 10.6. The van der Waals surface area contributed by atoms with Gasteiger partial charge in [0.25, 0.3) is 0 Å². The smallest absolute Gasteiger partial charge is 0.194 e. The fourth-order valence-electron chi connectivity index (χ4n) is 2.83. The predicted octanol–water partition coefficient (Wildman–Crippen LogP) is 2.52. The van der Waals surface area contributed by atoms with Gasteiger partial charge in [0.15, 0.2) is 5.96 Å². The number of aliphatic imine (C=N–C) groups is 1. The molecule has 0 bridgehead atoms. The van der Waals surface area contributed by atoms with Crippen molar-refractivity contribution in [3.63, 3.8) is 0 Å². The molecule has 0 aliphatic heterocycles. The minimum atomic E-state index is -2.97. The highest BCUT2D eigenvalue weighted by molar-refractivity contribution is 14.0. The lowest BCUT2D eigenvalue weighted by atomic mass is 10.1. The third-order valence-corrected chi connectivity index (χ3v) is 5.60. The van der Waals surface area contributed by atoms with Gasteiger partial charge in [-0.2, -0.15) is 0 Å². The maximum Gasteiger partial charge on any atom is 0.194 e. The van der Waals surface area contributed by atoms with Gasteiger partial charge in [-0.1, -0.05) is 11.6 Å². The number of aromatic nitrogens is 1. The second kappa shape index (κ2) is 8.94. The van der Waals surface area contributed by atoms with Gasteiger partial charge in [-0.25, -0.2) is 8.42 Å². The standard InChI is InChI=1S/C16H27ClN4O2S.HI/c1-5-18-15(19-11-16(6-7-16)12-24(4,22)23)21(3)10-14-8-13(17)9-20(14)2;/h8-9H,5-7,10-12H2,1-4H3,(H,18,19);1H. The minimum Gasteiger partial charge on any atom is -0.357 e. The lowest BCUT2D eigenvalue weighted by molar-refractivity contribution is 0.456. The molecule has 0 saturated heterocycles. The maximum absolute atomic E-state index is 11.6. The average molecular weight is 503 g/mol. The normalized spacial score (nSPS) is 16.3. The van der Waals surface area contributed by atoms with Gasteiger partial charge < -0.3 is 14.8 Å². The fraction of sp³-hybridized carbons (Fsp3) is 0.688. The SMILES string of the molecule is CCNC(=NCC1(CS(C)(=O)=O)CC1)N(C)Cc1cc(Cl)cn1C.I. The van der Waals surface area contributed by atoms with E-state index in [2.05, 4.69) is 10.3 Å². The number of aryl methyl sites for hydroxylation is 1. The molecule has 1 N–H and O–H groups in total. The Morgan fingerprint density at radius 3 is 2.56 bits per heavy atom. The van der Waals surface area contributed by atoms with Crippen molar-refractivity contribution < 1.29 is 8.42 Å². The van der Waals surface area contributed by atoms with Crippen molar-refractivity contribution in [3.8, 4) is 0 Å². The van der Waals surface area contributed by atoms with E-state index in [9.17, 15) is 8.42 Å². The molecule has 0 radical (unpaired) electrons. The van der Waals surface area contributed by atoms with Crippen LogP contribution < -0.4 is 5.32 Å². The number of guanidine groups is 1. The Morgan fingerprint density at radius 1 is 1.48 bits per heavy atom. The van der Waals surface area contributed by atoms with E-state index in [0.29, 0.717) is 18.1 Å². The Kier molecular flexibility index (Phi) is 8.07. The summed E-state index contributed by atoms with van der Waals surface area (Å²) in [5, 5.41) is 3.99. The Bertz CT molecular complexity index is 714. The Labute approximate surface area is 173 Å². The molecule has 6 nitrogen and oxygen atoms in total. The minimum absolute atomic E-state index is 0. The van der Waals surface area contributed by atoms with Crippen molar-refractivity contribution in [2.75, 3.05) is 32.1 Å². The summed E-state index contributed by atoms with van der Waals surface area (Å²) in [5.74, 6) is 1.01. The van der Waals surface area contributed by atoms with Gasteiger partial charge in [0.1, 0.15) is 9.84 Å². The van der Waals surface area contributed by atoms with Crippen LogP contribution in [0, 0.1) is 5.41 Å². The molecule has 1 heterocycles. The number of sulfone groups is 1. The zero-order chi connectivity index (χ0) is 18.0. The van der Waals surface area contributed by atoms with Crippen molar-refractivity contribution in [1.82, 2.24) is 14.8 Å². The number of nitrogens with one attached hydrogen (secondary N) is 1. The van der Waals surface area contributed by atoms with Crippen LogP contribution in [0.15, 0.2) is 17.3 Å². The molecule has 1 fully saturated rings. The summed E-state index contributed by atoms with van der Waals surface area (Å²) in [7, 11) is 0.961. The van der Waals surface area contributed by atoms with E-state index < -0.39 is 9.84 Å². The number of hydrogen-bond donors (Lipinski definition) is 1. The van der Waals surface area contributed by atoms with Gasteiger partial charge in [0, 0.05) is 50.7 Å². The van der Waals surface area contributed by atoms with Crippen LogP contribution in [0.4, 0.5) is 0 Å². The van der Waals surface area contributed by atoms with Gasteiger partial charge in [-0.15, -0.1) is 24.0 Å². The number of hydrogen-bond acceptors (Lipinski definition) is 3. The molecule has 0 spiro atoms. The van der Waals surface area contributed by atoms with E-state index in [0.717, 1.165) is 31.0 Å². The van der Waals surface area contributed by atoms with Crippen molar-refractivity contribution in [2.24, 2.45) is 17.5 Å². The summed E-state index contributed by atoms with van der Waals surface area (Å²) < 4.78 is 25.2. The second-order valence-electron chi connectivity index (χ2n) is 6.86. The maximum atomic E-state index is 11.6. The first kappa shape index (κ1) is 22.6. The van der Waals surface area contributed by atoms with Crippen molar-refractivity contribution in [3.05, 3.63) is 23.0 Å². The summed E-state index contributed by atoms with van der Waals surface area (Å²) >= 11 is 6.04. The molecule has 1 aromatic rings. The van der Waals surface area contributed by atoms with E-state index in [4.69, 9.17) is 11.6 Å². The van der Waals surface area contributed by atoms with Crippen LogP contribution in [0.1, 0.15) is 25.5 Å². The number of rotatable bonds is 7. The zero-order valence-electron chi connectivity index (χ0n) is 15.2. The zero-order valence-corrected chi connectivity index (χ0v) is 19.2. The second-order valence-corrected chi connectivity index (χ2v) is 9.43. The molecule has 0 aromatic carbocycles. The molecule has 144 valence electrons. The summed E-state index contributed by atoms with van der Waals surface area (Å²) in [6, 6.07) is 1.94. The molecular formula is C16H28ClIN4O2S. The Balaban J connectivity index is 0.00000312. The Hall–Kier alpha value is -0.480. The molecule has 1 aromatic heterocycles. The third kappa shape index (κ3) is 6.97. The summed E-state index contributed by atoms with van der Waals surface area (Å²) in [6.07, 6.45) is 5.04. The average Bonchev–Trinajstić information content (AvgIpc) is 3.12. The molecule has 0 amide bonds. The van der Waals surface area contributed by atoms with Crippen LogP contribution in [0.25, 0.3) is 0 Å². The van der Waals surface area contributed by atoms with Crippen LogP contribution in [0.5, 0.6) is 0 Å². The van der Waals surface area contributed by atoms with Gasteiger partial charge in [-0.05, 0) is 25.8 Å². The first-order valence-electron chi connectivity index (χ1n) is 8.12.